The van der Waals surface area contributed by atoms with E-state index in [9.17, 15) is 4.79 Å². The maximum atomic E-state index is 13.4. The van der Waals surface area contributed by atoms with Crippen LogP contribution in [0.5, 0.6) is 0 Å². The van der Waals surface area contributed by atoms with E-state index in [1.165, 1.54) is 11.1 Å². The smallest absolute Gasteiger partial charge is 0.271 e. The van der Waals surface area contributed by atoms with Crippen molar-refractivity contribution in [3.63, 3.8) is 0 Å². The molecule has 1 saturated heterocycles. The Labute approximate surface area is 153 Å². The number of likely N-dealkylation sites (tertiary alicyclic amines) is 1. The predicted molar refractivity (Wildman–Crippen MR) is 101 cm³/mol. The molecule has 1 aromatic carbocycles. The number of aromatic nitrogens is 2. The van der Waals surface area contributed by atoms with Gasteiger partial charge in [-0.2, -0.15) is 0 Å². The Balaban J connectivity index is 1.77. The number of hydrogen-bond acceptors (Lipinski definition) is 3. The minimum atomic E-state index is 0.0439. The van der Waals surface area contributed by atoms with Gasteiger partial charge in [-0.15, -0.1) is 0 Å². The fourth-order valence-electron chi connectivity index (χ4n) is 4.42. The van der Waals surface area contributed by atoms with Crippen LogP contribution in [-0.2, 0) is 0 Å². The second-order valence-corrected chi connectivity index (χ2v) is 7.52. The van der Waals surface area contributed by atoms with E-state index in [0.29, 0.717) is 5.69 Å². The molecule has 136 valence electrons. The van der Waals surface area contributed by atoms with E-state index in [1.807, 2.05) is 25.7 Å². The largest absolute Gasteiger partial charge is 0.361 e. The van der Waals surface area contributed by atoms with Crippen molar-refractivity contribution in [2.24, 2.45) is 0 Å². The quantitative estimate of drug-likeness (QED) is 0.729. The molecule has 0 radical (unpaired) electrons. The number of amides is 1. The lowest BCUT2D eigenvalue weighted by Crippen LogP contribution is -2.31. The van der Waals surface area contributed by atoms with Crippen molar-refractivity contribution in [2.75, 3.05) is 6.54 Å². The number of nitrogens with zero attached hydrogens (tertiary/aromatic N) is 2. The molecular formula is C21H25N3O2. The van der Waals surface area contributed by atoms with Crippen LogP contribution in [0.2, 0.25) is 0 Å². The molecule has 0 aliphatic carbocycles. The number of aromatic amines is 1. The second kappa shape index (κ2) is 6.01. The average Bonchev–Trinajstić information content (AvgIpc) is 3.26. The molecule has 0 bridgehead atoms. The number of benzene rings is 1. The Morgan fingerprint density at radius 1 is 1.23 bits per heavy atom. The zero-order valence-corrected chi connectivity index (χ0v) is 16.1. The first-order chi connectivity index (χ1) is 12.4. The third-order valence-electron chi connectivity index (χ3n) is 5.66. The molecule has 4 rings (SSSR count). The fourth-order valence-corrected chi connectivity index (χ4v) is 4.42. The Morgan fingerprint density at radius 3 is 2.69 bits per heavy atom. The fraction of sp³-hybridized carbons (Fsp3) is 0.429. The van der Waals surface area contributed by atoms with Gasteiger partial charge in [-0.25, -0.2) is 0 Å². The highest BCUT2D eigenvalue weighted by Gasteiger charge is 2.35. The zero-order chi connectivity index (χ0) is 18.6. The van der Waals surface area contributed by atoms with Crippen molar-refractivity contribution in [1.82, 2.24) is 15.0 Å². The van der Waals surface area contributed by atoms with Crippen molar-refractivity contribution in [3.05, 3.63) is 51.5 Å². The van der Waals surface area contributed by atoms with E-state index in [4.69, 9.17) is 4.52 Å². The van der Waals surface area contributed by atoms with Gasteiger partial charge in [0, 0.05) is 23.0 Å². The van der Waals surface area contributed by atoms with Gasteiger partial charge in [0.15, 0.2) is 0 Å². The van der Waals surface area contributed by atoms with Crippen LogP contribution < -0.4 is 0 Å². The molecule has 5 heteroatoms. The third kappa shape index (κ3) is 2.45. The molecule has 2 aromatic heterocycles. The van der Waals surface area contributed by atoms with Crippen LogP contribution >= 0.6 is 0 Å². The number of aryl methyl sites for hydroxylation is 5. The minimum absolute atomic E-state index is 0.0439. The summed E-state index contributed by atoms with van der Waals surface area (Å²) in [5, 5.41) is 5.22. The van der Waals surface area contributed by atoms with Crippen LogP contribution in [0, 0.1) is 34.6 Å². The first-order valence-electron chi connectivity index (χ1n) is 9.21. The van der Waals surface area contributed by atoms with Crippen molar-refractivity contribution >= 4 is 16.8 Å². The maximum Gasteiger partial charge on any atom is 0.271 e. The SMILES string of the molecule is Cc1cc(C)c2[nH]c(C(=O)N3CCCC3c3c(C)noc3C)c(C)c2c1. The van der Waals surface area contributed by atoms with Crippen LogP contribution in [-0.4, -0.2) is 27.5 Å². The number of nitrogens with one attached hydrogen (secondary N) is 1. The number of fused-ring (bicyclic) bond motifs is 1. The van der Waals surface area contributed by atoms with E-state index in [1.54, 1.807) is 0 Å². The molecule has 1 aliphatic heterocycles. The molecule has 1 unspecified atom stereocenters. The molecule has 1 atom stereocenters. The summed E-state index contributed by atoms with van der Waals surface area (Å²) in [6, 6.07) is 4.35. The van der Waals surface area contributed by atoms with Crippen LogP contribution in [0.25, 0.3) is 10.9 Å². The van der Waals surface area contributed by atoms with Gasteiger partial charge in [0.2, 0.25) is 0 Å². The number of carbonyl (C=O) groups is 1. The molecule has 5 nitrogen and oxygen atoms in total. The molecule has 1 aliphatic rings. The number of hydrogen-bond donors (Lipinski definition) is 1. The lowest BCUT2D eigenvalue weighted by Gasteiger charge is -2.24. The summed E-state index contributed by atoms with van der Waals surface area (Å²) in [6.07, 6.45) is 1.95. The van der Waals surface area contributed by atoms with Crippen molar-refractivity contribution < 1.29 is 9.32 Å². The van der Waals surface area contributed by atoms with E-state index >= 15 is 0 Å². The Morgan fingerprint density at radius 2 is 2.00 bits per heavy atom. The molecule has 26 heavy (non-hydrogen) atoms. The molecular weight excluding hydrogens is 326 g/mol. The normalized spacial score (nSPS) is 17.4. The van der Waals surface area contributed by atoms with Gasteiger partial charge in [-0.05, 0) is 64.7 Å². The lowest BCUT2D eigenvalue weighted by atomic mass is 10.0. The Kier molecular flexibility index (Phi) is 3.90. The average molecular weight is 351 g/mol. The van der Waals surface area contributed by atoms with E-state index in [0.717, 1.165) is 52.9 Å². The predicted octanol–water partition coefficient (Wildman–Crippen LogP) is 4.68. The summed E-state index contributed by atoms with van der Waals surface area (Å²) in [6.45, 7) is 10.9. The topological polar surface area (TPSA) is 62.1 Å². The number of H-pyrrole nitrogens is 1. The van der Waals surface area contributed by atoms with Crippen LogP contribution in [0.3, 0.4) is 0 Å². The summed E-state index contributed by atoms with van der Waals surface area (Å²) < 4.78 is 5.35. The van der Waals surface area contributed by atoms with Crippen molar-refractivity contribution in [1.29, 1.82) is 0 Å². The van der Waals surface area contributed by atoms with E-state index in [-0.39, 0.29) is 11.9 Å². The first kappa shape index (κ1) is 16.9. The summed E-state index contributed by atoms with van der Waals surface area (Å²) in [5.41, 5.74) is 7.12. The molecule has 0 saturated carbocycles. The minimum Gasteiger partial charge on any atom is -0.361 e. The van der Waals surface area contributed by atoms with Gasteiger partial charge in [-0.3, -0.25) is 4.79 Å². The molecule has 1 fully saturated rings. The highest BCUT2D eigenvalue weighted by atomic mass is 16.5. The third-order valence-corrected chi connectivity index (χ3v) is 5.66. The summed E-state index contributed by atoms with van der Waals surface area (Å²) in [7, 11) is 0. The van der Waals surface area contributed by atoms with Crippen LogP contribution in [0.4, 0.5) is 0 Å². The Bertz CT molecular complexity index is 993. The van der Waals surface area contributed by atoms with Gasteiger partial charge in [0.05, 0.1) is 11.7 Å². The van der Waals surface area contributed by atoms with E-state index < -0.39 is 0 Å². The zero-order valence-electron chi connectivity index (χ0n) is 16.1. The number of carbonyl (C=O) groups excluding carboxylic acids is 1. The molecule has 3 aromatic rings. The summed E-state index contributed by atoms with van der Waals surface area (Å²) in [5.74, 6) is 0.880. The van der Waals surface area contributed by atoms with Crippen LogP contribution in [0.15, 0.2) is 16.7 Å². The second-order valence-electron chi connectivity index (χ2n) is 7.52. The number of rotatable bonds is 2. The van der Waals surface area contributed by atoms with Gasteiger partial charge in [0.25, 0.3) is 5.91 Å². The summed E-state index contributed by atoms with van der Waals surface area (Å²) in [4.78, 5) is 18.8. The molecule has 0 spiro atoms. The Hall–Kier alpha value is -2.56. The van der Waals surface area contributed by atoms with E-state index in [2.05, 4.69) is 36.1 Å². The van der Waals surface area contributed by atoms with Crippen LogP contribution in [0.1, 0.15) is 63.1 Å². The lowest BCUT2D eigenvalue weighted by molar-refractivity contribution is 0.0729. The highest BCUT2D eigenvalue weighted by Crippen LogP contribution is 2.37. The standard InChI is InChI=1S/C21H25N3O2/c1-11-9-12(2)19-16(10-11)13(3)20(22-19)21(25)24-8-6-7-17(24)18-14(4)23-26-15(18)5/h9-10,17,22H,6-8H2,1-5H3. The monoisotopic (exact) mass is 351 g/mol. The summed E-state index contributed by atoms with van der Waals surface area (Å²) >= 11 is 0. The molecule has 1 amide bonds. The van der Waals surface area contributed by atoms with Gasteiger partial charge in [-0.1, -0.05) is 16.8 Å². The highest BCUT2D eigenvalue weighted by molar-refractivity contribution is 6.02. The maximum absolute atomic E-state index is 13.4. The van der Waals surface area contributed by atoms with Gasteiger partial charge >= 0.3 is 0 Å². The van der Waals surface area contributed by atoms with Crippen molar-refractivity contribution in [2.45, 2.75) is 53.5 Å². The van der Waals surface area contributed by atoms with Gasteiger partial charge in [0.1, 0.15) is 11.5 Å². The molecule has 3 heterocycles. The first-order valence-corrected chi connectivity index (χ1v) is 9.21. The van der Waals surface area contributed by atoms with Crippen molar-refractivity contribution in [3.8, 4) is 0 Å². The van der Waals surface area contributed by atoms with Gasteiger partial charge < -0.3 is 14.4 Å². The molecule has 1 N–H and O–H groups in total.